The Morgan fingerprint density at radius 1 is 0.833 bits per heavy atom. The summed E-state index contributed by atoms with van der Waals surface area (Å²) in [7, 11) is 1.47. The van der Waals surface area contributed by atoms with Crippen molar-refractivity contribution in [3.63, 3.8) is 0 Å². The number of ether oxygens (including phenoxy) is 1. The van der Waals surface area contributed by atoms with Crippen molar-refractivity contribution in [2.75, 3.05) is 48.4 Å². The van der Waals surface area contributed by atoms with E-state index in [-0.39, 0.29) is 31.3 Å². The molecule has 0 radical (unpaired) electrons. The molecule has 1 amide bonds. The predicted molar refractivity (Wildman–Crippen MR) is 156 cm³/mol. The van der Waals surface area contributed by atoms with Crippen LogP contribution in [0.2, 0.25) is 5.02 Å². The van der Waals surface area contributed by atoms with Gasteiger partial charge in [0, 0.05) is 31.9 Å². The molecule has 0 aliphatic carbocycles. The zero-order chi connectivity index (χ0) is 30.1. The number of nitrogens with one attached hydrogen (secondary N) is 2. The number of methoxy groups -OCH3 is 1. The largest absolute Gasteiger partial charge is 0.496 e. The summed E-state index contributed by atoms with van der Waals surface area (Å²) >= 11 is 11.8. The molecule has 2 N–H and O–H groups in total. The van der Waals surface area contributed by atoms with Gasteiger partial charge in [0.15, 0.2) is 28.4 Å². The standard InChI is InChI=1S/C29H22ClF5N4O2S/c1-41-21-13-16-5-3-2-4-15(16)12-18(21)28(40)37-29(42)36-17-6-7-20(19(30)14-17)38-8-10-39(11-9-38)27-25(34)23(32)22(31)24(33)26(27)35/h2-7,12-14H,8-11H2,1H3,(H2,36,37,40,42). The maximum atomic E-state index is 14.2. The van der Waals surface area contributed by atoms with E-state index in [9.17, 15) is 26.7 Å². The fourth-order valence-electron chi connectivity index (χ4n) is 4.78. The summed E-state index contributed by atoms with van der Waals surface area (Å²) < 4.78 is 74.6. The van der Waals surface area contributed by atoms with E-state index in [2.05, 4.69) is 10.6 Å². The zero-order valence-corrected chi connectivity index (χ0v) is 23.5. The van der Waals surface area contributed by atoms with Gasteiger partial charge in [-0.05, 0) is 53.3 Å². The molecule has 1 aliphatic heterocycles. The molecule has 0 aromatic heterocycles. The Kier molecular flexibility index (Phi) is 8.37. The Morgan fingerprint density at radius 3 is 2.00 bits per heavy atom. The van der Waals surface area contributed by atoms with Crippen molar-refractivity contribution in [3.8, 4) is 5.75 Å². The van der Waals surface area contributed by atoms with Gasteiger partial charge < -0.3 is 19.9 Å². The van der Waals surface area contributed by atoms with Crippen molar-refractivity contribution < 1.29 is 31.5 Å². The van der Waals surface area contributed by atoms with Crippen LogP contribution in [0.3, 0.4) is 0 Å². The monoisotopic (exact) mass is 620 g/mol. The number of halogens is 6. The third-order valence-electron chi connectivity index (χ3n) is 6.87. The second-order valence-corrected chi connectivity index (χ2v) is 10.2. The smallest absolute Gasteiger partial charge is 0.261 e. The van der Waals surface area contributed by atoms with Gasteiger partial charge in [-0.2, -0.15) is 0 Å². The molecular weight excluding hydrogens is 599 g/mol. The molecule has 5 rings (SSSR count). The van der Waals surface area contributed by atoms with E-state index in [1.54, 1.807) is 30.3 Å². The van der Waals surface area contributed by atoms with Gasteiger partial charge in [-0.15, -0.1) is 0 Å². The Morgan fingerprint density at radius 2 is 1.40 bits per heavy atom. The van der Waals surface area contributed by atoms with Crippen LogP contribution in [0.25, 0.3) is 10.8 Å². The van der Waals surface area contributed by atoms with Crippen LogP contribution in [-0.2, 0) is 0 Å². The highest BCUT2D eigenvalue weighted by atomic mass is 35.5. The minimum atomic E-state index is -2.19. The summed E-state index contributed by atoms with van der Waals surface area (Å²) in [5, 5.41) is 7.65. The van der Waals surface area contributed by atoms with E-state index >= 15 is 0 Å². The Bertz CT molecular complexity index is 1690. The average molecular weight is 621 g/mol. The van der Waals surface area contributed by atoms with Crippen molar-refractivity contribution in [3.05, 3.63) is 94.3 Å². The normalized spacial score (nSPS) is 13.3. The summed E-state index contributed by atoms with van der Waals surface area (Å²) in [6, 6.07) is 16.0. The number of rotatable bonds is 5. The highest BCUT2D eigenvalue weighted by Gasteiger charge is 2.31. The molecule has 218 valence electrons. The third-order valence-corrected chi connectivity index (χ3v) is 7.38. The fourth-order valence-corrected chi connectivity index (χ4v) is 5.29. The van der Waals surface area contributed by atoms with Gasteiger partial charge in [0.2, 0.25) is 5.82 Å². The third kappa shape index (κ3) is 5.64. The van der Waals surface area contributed by atoms with E-state index in [1.807, 2.05) is 29.2 Å². The molecule has 13 heteroatoms. The summed E-state index contributed by atoms with van der Waals surface area (Å²) in [6.07, 6.45) is 0. The highest BCUT2D eigenvalue weighted by Crippen LogP contribution is 2.34. The fraction of sp³-hybridized carbons (Fsp3) is 0.172. The molecular formula is C29H22ClF5N4O2S. The van der Waals surface area contributed by atoms with Crippen LogP contribution in [-0.4, -0.2) is 44.3 Å². The number of anilines is 3. The lowest BCUT2D eigenvalue weighted by Gasteiger charge is -2.38. The first kappa shape index (κ1) is 29.3. The first-order valence-corrected chi connectivity index (χ1v) is 13.4. The number of hydrogen-bond acceptors (Lipinski definition) is 5. The van der Waals surface area contributed by atoms with Crippen LogP contribution in [0.5, 0.6) is 5.75 Å². The lowest BCUT2D eigenvalue weighted by molar-refractivity contribution is 0.0975. The molecule has 0 spiro atoms. The maximum Gasteiger partial charge on any atom is 0.261 e. The Balaban J connectivity index is 1.23. The van der Waals surface area contributed by atoms with Gasteiger partial charge in [0.1, 0.15) is 11.4 Å². The first-order chi connectivity index (χ1) is 20.1. The minimum absolute atomic E-state index is 0.0109. The highest BCUT2D eigenvalue weighted by molar-refractivity contribution is 7.80. The number of carbonyl (C=O) groups is 1. The van der Waals surface area contributed by atoms with E-state index in [4.69, 9.17) is 28.6 Å². The van der Waals surface area contributed by atoms with Crippen molar-refractivity contribution in [2.24, 2.45) is 0 Å². The number of carbonyl (C=O) groups excluding carboxylic acids is 1. The molecule has 0 saturated carbocycles. The molecule has 1 saturated heterocycles. The minimum Gasteiger partial charge on any atom is -0.496 e. The summed E-state index contributed by atoms with van der Waals surface area (Å²) in [5.41, 5.74) is 0.432. The van der Waals surface area contributed by atoms with Gasteiger partial charge in [-0.25, -0.2) is 22.0 Å². The topological polar surface area (TPSA) is 56.8 Å². The summed E-state index contributed by atoms with van der Waals surface area (Å²) in [4.78, 5) is 15.9. The van der Waals surface area contributed by atoms with Crippen molar-refractivity contribution >= 4 is 62.7 Å². The lowest BCUT2D eigenvalue weighted by Crippen LogP contribution is -2.47. The van der Waals surface area contributed by atoms with Crippen LogP contribution >= 0.6 is 23.8 Å². The first-order valence-electron chi connectivity index (χ1n) is 12.6. The van der Waals surface area contributed by atoms with Crippen molar-refractivity contribution in [1.82, 2.24) is 5.32 Å². The molecule has 0 unspecified atom stereocenters. The SMILES string of the molecule is COc1cc2ccccc2cc1C(=O)NC(=S)Nc1ccc(N2CCN(c3c(F)c(F)c(F)c(F)c3F)CC2)c(Cl)c1. The van der Waals surface area contributed by atoms with Gasteiger partial charge in [0.05, 0.1) is 23.4 Å². The molecule has 0 bridgehead atoms. The maximum absolute atomic E-state index is 14.2. The quantitative estimate of drug-likeness (QED) is 0.113. The predicted octanol–water partition coefficient (Wildman–Crippen LogP) is 6.65. The summed E-state index contributed by atoms with van der Waals surface area (Å²) in [5.74, 6) is -9.97. The number of amides is 1. The number of thiocarbonyl (C=S) groups is 1. The number of fused-ring (bicyclic) bond motifs is 1. The molecule has 6 nitrogen and oxygen atoms in total. The zero-order valence-electron chi connectivity index (χ0n) is 21.9. The molecule has 42 heavy (non-hydrogen) atoms. The second kappa shape index (κ2) is 12.0. The average Bonchev–Trinajstić information content (AvgIpc) is 2.99. The van der Waals surface area contributed by atoms with E-state index in [0.29, 0.717) is 27.7 Å². The molecule has 1 fully saturated rings. The number of piperazine rings is 1. The van der Waals surface area contributed by atoms with Gasteiger partial charge in [0.25, 0.3) is 5.91 Å². The van der Waals surface area contributed by atoms with Crippen molar-refractivity contribution in [2.45, 2.75) is 0 Å². The second-order valence-electron chi connectivity index (χ2n) is 9.37. The number of hydrogen-bond donors (Lipinski definition) is 2. The summed E-state index contributed by atoms with van der Waals surface area (Å²) in [6.45, 7) is 0.383. The molecule has 4 aromatic rings. The van der Waals surface area contributed by atoms with Gasteiger partial charge >= 0.3 is 0 Å². The van der Waals surface area contributed by atoms with Crippen LogP contribution < -0.4 is 25.2 Å². The van der Waals surface area contributed by atoms with Crippen molar-refractivity contribution in [1.29, 1.82) is 0 Å². The van der Waals surface area contributed by atoms with Gasteiger partial charge in [-0.3, -0.25) is 10.1 Å². The van der Waals surface area contributed by atoms with Crippen LogP contribution in [0.15, 0.2) is 54.6 Å². The van der Waals surface area contributed by atoms with E-state index < -0.39 is 40.7 Å². The van der Waals surface area contributed by atoms with Gasteiger partial charge in [-0.1, -0.05) is 35.9 Å². The van der Waals surface area contributed by atoms with E-state index in [1.165, 1.54) is 7.11 Å². The molecule has 0 atom stereocenters. The van der Waals surface area contributed by atoms with Crippen LogP contribution in [0, 0.1) is 29.1 Å². The van der Waals surface area contributed by atoms with Crippen LogP contribution in [0.4, 0.5) is 39.0 Å². The Hall–Kier alpha value is -4.16. The molecule has 1 heterocycles. The van der Waals surface area contributed by atoms with Crippen LogP contribution in [0.1, 0.15) is 10.4 Å². The molecule has 1 aliphatic rings. The lowest BCUT2D eigenvalue weighted by atomic mass is 10.1. The Labute approximate surface area is 247 Å². The molecule has 4 aromatic carbocycles. The van der Waals surface area contributed by atoms with E-state index in [0.717, 1.165) is 15.7 Å². The number of benzene rings is 4. The number of nitrogens with zero attached hydrogens (tertiary/aromatic N) is 2.